The lowest BCUT2D eigenvalue weighted by Crippen LogP contribution is -2.51. The molecule has 1 saturated heterocycles. The number of benzene rings is 1. The van der Waals surface area contributed by atoms with Gasteiger partial charge in [0.1, 0.15) is 11.6 Å². The molecular weight excluding hydrogens is 291 g/mol. The molecule has 1 aliphatic heterocycles. The van der Waals surface area contributed by atoms with Gasteiger partial charge in [0.05, 0.1) is 19.3 Å². The van der Waals surface area contributed by atoms with E-state index in [1.54, 1.807) is 12.1 Å². The molecule has 1 aliphatic rings. The molecule has 1 heterocycles. The van der Waals surface area contributed by atoms with Gasteiger partial charge < -0.3 is 19.3 Å². The summed E-state index contributed by atoms with van der Waals surface area (Å²) in [4.78, 5) is 11.1. The van der Waals surface area contributed by atoms with Crippen LogP contribution in [0.4, 0.5) is 4.39 Å². The number of rotatable bonds is 6. The van der Waals surface area contributed by atoms with Gasteiger partial charge in [0.2, 0.25) is 0 Å². The minimum Gasteiger partial charge on any atom is -0.494 e. The van der Waals surface area contributed by atoms with Gasteiger partial charge in [-0.05, 0) is 44.0 Å². The van der Waals surface area contributed by atoms with Crippen molar-refractivity contribution in [3.8, 4) is 5.75 Å². The first-order chi connectivity index (χ1) is 10.4. The molecule has 3 unspecified atom stereocenters. The molecule has 1 N–H and O–H groups in total. The van der Waals surface area contributed by atoms with Gasteiger partial charge in [-0.2, -0.15) is 0 Å². The van der Waals surface area contributed by atoms with E-state index >= 15 is 0 Å². The second-order valence-electron chi connectivity index (χ2n) is 5.59. The number of aliphatic carboxylic acids is 1. The Kier molecular flexibility index (Phi) is 5.37. The van der Waals surface area contributed by atoms with Crippen molar-refractivity contribution in [3.05, 3.63) is 30.1 Å². The maximum Gasteiger partial charge on any atom is 0.364 e. The molecule has 0 aliphatic carbocycles. The molecule has 5 nitrogen and oxygen atoms in total. The Bertz CT molecular complexity index is 504. The van der Waals surface area contributed by atoms with Gasteiger partial charge in [0, 0.05) is 12.8 Å². The predicted octanol–water partition coefficient (Wildman–Crippen LogP) is 2.84. The quantitative estimate of drug-likeness (QED) is 0.818. The first kappa shape index (κ1) is 16.7. The lowest BCUT2D eigenvalue weighted by atomic mass is 9.97. The summed E-state index contributed by atoms with van der Waals surface area (Å²) in [7, 11) is 0. The van der Waals surface area contributed by atoms with Crippen LogP contribution in [0.3, 0.4) is 0 Å². The summed E-state index contributed by atoms with van der Waals surface area (Å²) < 4.78 is 29.1. The Morgan fingerprint density at radius 1 is 1.45 bits per heavy atom. The van der Waals surface area contributed by atoms with E-state index in [1.165, 1.54) is 19.1 Å². The number of hydrogen-bond donors (Lipinski definition) is 1. The lowest BCUT2D eigenvalue weighted by Gasteiger charge is -2.39. The Labute approximate surface area is 129 Å². The fraction of sp³-hybridized carbons (Fsp3) is 0.562. The van der Waals surface area contributed by atoms with Crippen LogP contribution in [-0.2, 0) is 14.3 Å². The summed E-state index contributed by atoms with van der Waals surface area (Å²) in [5.41, 5.74) is 0. The van der Waals surface area contributed by atoms with Crippen LogP contribution >= 0.6 is 0 Å². The van der Waals surface area contributed by atoms with Crippen LogP contribution in [0.2, 0.25) is 0 Å². The van der Waals surface area contributed by atoms with Crippen LogP contribution in [0.25, 0.3) is 0 Å². The van der Waals surface area contributed by atoms with E-state index in [-0.39, 0.29) is 17.8 Å². The first-order valence-electron chi connectivity index (χ1n) is 7.34. The molecular formula is C16H21FO5. The molecule has 1 aromatic rings. The second-order valence-corrected chi connectivity index (χ2v) is 5.59. The number of hydrogen-bond acceptors (Lipinski definition) is 4. The monoisotopic (exact) mass is 312 g/mol. The number of carboxylic acid groups (broad SMARTS) is 1. The van der Waals surface area contributed by atoms with Crippen molar-refractivity contribution < 1.29 is 28.5 Å². The van der Waals surface area contributed by atoms with Gasteiger partial charge in [0.25, 0.3) is 5.79 Å². The summed E-state index contributed by atoms with van der Waals surface area (Å²) in [6, 6.07) is 5.88. The van der Waals surface area contributed by atoms with E-state index in [9.17, 15) is 9.18 Å². The maximum atomic E-state index is 12.8. The second kappa shape index (κ2) is 7.07. The molecule has 0 saturated carbocycles. The van der Waals surface area contributed by atoms with Crippen molar-refractivity contribution >= 4 is 5.97 Å². The van der Waals surface area contributed by atoms with Crippen LogP contribution in [0.1, 0.15) is 26.7 Å². The summed E-state index contributed by atoms with van der Waals surface area (Å²) >= 11 is 0. The Morgan fingerprint density at radius 3 is 2.73 bits per heavy atom. The van der Waals surface area contributed by atoms with E-state index in [2.05, 4.69) is 0 Å². The summed E-state index contributed by atoms with van der Waals surface area (Å²) in [5, 5.41) is 9.06. The third kappa shape index (κ3) is 4.18. The molecule has 3 atom stereocenters. The minimum absolute atomic E-state index is 0.129. The zero-order valence-corrected chi connectivity index (χ0v) is 12.8. The van der Waals surface area contributed by atoms with Crippen LogP contribution < -0.4 is 4.74 Å². The molecule has 22 heavy (non-hydrogen) atoms. The third-order valence-corrected chi connectivity index (χ3v) is 3.84. The Morgan fingerprint density at radius 2 is 2.14 bits per heavy atom. The number of ether oxygens (including phenoxy) is 3. The van der Waals surface area contributed by atoms with Gasteiger partial charge in [0.15, 0.2) is 0 Å². The number of carbonyl (C=O) groups is 1. The van der Waals surface area contributed by atoms with E-state index < -0.39 is 11.8 Å². The Balaban J connectivity index is 1.72. The van der Waals surface area contributed by atoms with Crippen molar-refractivity contribution in [2.75, 3.05) is 13.2 Å². The van der Waals surface area contributed by atoms with Gasteiger partial charge in [-0.15, -0.1) is 0 Å². The van der Waals surface area contributed by atoms with E-state index in [0.717, 1.165) is 12.8 Å². The summed E-state index contributed by atoms with van der Waals surface area (Å²) in [5.74, 6) is -2.20. The molecule has 1 fully saturated rings. The van der Waals surface area contributed by atoms with Gasteiger partial charge in [-0.1, -0.05) is 0 Å². The molecule has 6 heteroatoms. The van der Waals surface area contributed by atoms with Crippen LogP contribution in [-0.4, -0.2) is 36.2 Å². The van der Waals surface area contributed by atoms with Crippen molar-refractivity contribution in [2.24, 2.45) is 5.92 Å². The van der Waals surface area contributed by atoms with Gasteiger partial charge >= 0.3 is 5.97 Å². The van der Waals surface area contributed by atoms with Crippen molar-refractivity contribution in [3.63, 3.8) is 0 Å². The molecule has 0 radical (unpaired) electrons. The molecule has 0 spiro atoms. The summed E-state index contributed by atoms with van der Waals surface area (Å²) in [6.45, 7) is 4.13. The zero-order chi connectivity index (χ0) is 16.2. The van der Waals surface area contributed by atoms with E-state index in [1.807, 2.05) is 6.92 Å². The molecule has 0 amide bonds. The Hall–Kier alpha value is -1.66. The standard InChI is InChI=1S/C16H21FO5/c1-11-12(10-21-16(2,22-11)15(18)19)4-3-9-20-14-7-5-13(17)6-8-14/h5-8,11-12H,3-4,9-10H2,1-2H3,(H,18,19). The molecule has 0 bridgehead atoms. The van der Waals surface area contributed by atoms with Crippen LogP contribution in [0, 0.1) is 11.7 Å². The topological polar surface area (TPSA) is 65.0 Å². The largest absolute Gasteiger partial charge is 0.494 e. The molecule has 1 aromatic carbocycles. The third-order valence-electron chi connectivity index (χ3n) is 3.84. The highest BCUT2D eigenvalue weighted by Crippen LogP contribution is 2.29. The van der Waals surface area contributed by atoms with Crippen LogP contribution in [0.15, 0.2) is 24.3 Å². The highest BCUT2D eigenvalue weighted by Gasteiger charge is 2.43. The maximum absolute atomic E-state index is 12.8. The number of halogens is 1. The van der Waals surface area contributed by atoms with Crippen LogP contribution in [0.5, 0.6) is 5.75 Å². The fourth-order valence-corrected chi connectivity index (χ4v) is 2.38. The molecule has 2 rings (SSSR count). The predicted molar refractivity (Wildman–Crippen MR) is 77.2 cm³/mol. The fourth-order valence-electron chi connectivity index (χ4n) is 2.38. The number of carboxylic acids is 1. The summed E-state index contributed by atoms with van der Waals surface area (Å²) in [6.07, 6.45) is 1.39. The van der Waals surface area contributed by atoms with E-state index in [0.29, 0.717) is 19.0 Å². The minimum atomic E-state index is -1.56. The average Bonchev–Trinajstić information content (AvgIpc) is 2.47. The van der Waals surface area contributed by atoms with Gasteiger partial charge in [-0.3, -0.25) is 0 Å². The molecule has 0 aromatic heterocycles. The lowest BCUT2D eigenvalue weighted by molar-refractivity contribution is -0.292. The van der Waals surface area contributed by atoms with Crippen molar-refractivity contribution in [2.45, 2.75) is 38.6 Å². The molecule has 122 valence electrons. The first-order valence-corrected chi connectivity index (χ1v) is 7.34. The highest BCUT2D eigenvalue weighted by atomic mass is 19.1. The SMILES string of the molecule is CC1OC(C)(C(=O)O)OCC1CCCOc1ccc(F)cc1. The smallest absolute Gasteiger partial charge is 0.364 e. The zero-order valence-electron chi connectivity index (χ0n) is 12.8. The van der Waals surface area contributed by atoms with E-state index in [4.69, 9.17) is 19.3 Å². The van der Waals surface area contributed by atoms with Crippen molar-refractivity contribution in [1.82, 2.24) is 0 Å². The van der Waals surface area contributed by atoms with Crippen molar-refractivity contribution in [1.29, 1.82) is 0 Å². The van der Waals surface area contributed by atoms with Gasteiger partial charge in [-0.25, -0.2) is 9.18 Å². The highest BCUT2D eigenvalue weighted by molar-refractivity contribution is 5.75. The normalized spacial score (nSPS) is 28.3. The average molecular weight is 312 g/mol.